The second-order valence-corrected chi connectivity index (χ2v) is 9.61. The van der Waals surface area contributed by atoms with Gasteiger partial charge in [0.05, 0.1) is 45.4 Å². The van der Waals surface area contributed by atoms with Gasteiger partial charge in [-0.3, -0.25) is 14.4 Å². The van der Waals surface area contributed by atoms with Crippen LogP contribution in [0.5, 0.6) is 0 Å². The highest BCUT2D eigenvalue weighted by atomic mass is 16.4. The average Bonchev–Trinajstić information content (AvgIpc) is 2.76. The second kappa shape index (κ2) is 21.6. The van der Waals surface area contributed by atoms with Crippen LogP contribution in [0.4, 0.5) is 0 Å². The van der Waals surface area contributed by atoms with Crippen molar-refractivity contribution in [3.8, 4) is 0 Å². The molecular weight excluding hydrogens is 434 g/mol. The molecule has 0 saturated heterocycles. The lowest BCUT2D eigenvalue weighted by atomic mass is 10.1. The van der Waals surface area contributed by atoms with Crippen LogP contribution < -0.4 is 0 Å². The summed E-state index contributed by atoms with van der Waals surface area (Å²) in [6.07, 6.45) is 19.6. The molecule has 0 amide bonds. The number of allylic oxidation sites excluding steroid dienone is 2. The molecule has 0 radical (unpaired) electrons. The number of carbonyl (C=O) groups is 3. The minimum Gasteiger partial charge on any atom is -0.481 e. The van der Waals surface area contributed by atoms with Gasteiger partial charge in [0.1, 0.15) is 0 Å². The maximum atomic E-state index is 11.0. The fraction of sp³-hybridized carbons (Fsp3) is 0.815. The standard InChI is InChI=1S/C27H49NO6/c1-2-3-4-5-6-7-8-9-10-11-12-13-14-21-28(22-15-18-25(29)30,23-16-19-26(31)32)24-17-20-27(33)34/h5-6H,2-4,7-24H2,1H3,(H2-,29,30,31,32,33,34)/p+1/b6-5+. The molecule has 0 heterocycles. The number of carboxylic acid groups (broad SMARTS) is 3. The minimum atomic E-state index is -0.828. The number of rotatable bonds is 25. The summed E-state index contributed by atoms with van der Waals surface area (Å²) in [6.45, 7) is 5.07. The summed E-state index contributed by atoms with van der Waals surface area (Å²) >= 11 is 0. The number of quaternary nitrogens is 1. The Morgan fingerprint density at radius 1 is 0.529 bits per heavy atom. The lowest BCUT2D eigenvalue weighted by molar-refractivity contribution is -0.929. The van der Waals surface area contributed by atoms with Crippen LogP contribution in [0.25, 0.3) is 0 Å². The van der Waals surface area contributed by atoms with Gasteiger partial charge in [0, 0.05) is 19.3 Å². The first kappa shape index (κ1) is 32.1. The molecule has 7 heteroatoms. The van der Waals surface area contributed by atoms with E-state index in [9.17, 15) is 14.4 Å². The largest absolute Gasteiger partial charge is 0.481 e. The van der Waals surface area contributed by atoms with E-state index in [-0.39, 0.29) is 19.3 Å². The summed E-state index contributed by atoms with van der Waals surface area (Å²) in [6, 6.07) is 0. The molecule has 0 fully saturated rings. The van der Waals surface area contributed by atoms with Crippen molar-refractivity contribution in [3.63, 3.8) is 0 Å². The Hall–Kier alpha value is -1.89. The van der Waals surface area contributed by atoms with E-state index < -0.39 is 17.9 Å². The zero-order chi connectivity index (χ0) is 25.5. The van der Waals surface area contributed by atoms with Crippen LogP contribution in [0.1, 0.15) is 116 Å². The molecular formula is C27H50NO6+. The zero-order valence-electron chi connectivity index (χ0n) is 21.5. The lowest BCUT2D eigenvalue weighted by Crippen LogP contribution is -2.51. The molecule has 0 aromatic rings. The summed E-state index contributed by atoms with van der Waals surface area (Å²) in [5.41, 5.74) is 0. The number of unbranched alkanes of at least 4 members (excludes halogenated alkanes) is 9. The molecule has 0 saturated carbocycles. The molecule has 0 rings (SSSR count). The Balaban J connectivity index is 4.46. The molecule has 0 unspecified atom stereocenters. The first-order valence-corrected chi connectivity index (χ1v) is 13.5. The van der Waals surface area contributed by atoms with Crippen molar-refractivity contribution in [1.29, 1.82) is 0 Å². The third-order valence-corrected chi connectivity index (χ3v) is 6.46. The molecule has 0 spiro atoms. The van der Waals surface area contributed by atoms with Gasteiger partial charge in [0.2, 0.25) is 0 Å². The molecule has 34 heavy (non-hydrogen) atoms. The number of aliphatic carboxylic acids is 3. The quantitative estimate of drug-likeness (QED) is 0.0800. The van der Waals surface area contributed by atoms with E-state index in [0.717, 1.165) is 19.4 Å². The Labute approximate surface area is 206 Å². The fourth-order valence-electron chi connectivity index (χ4n) is 4.52. The number of carboxylic acids is 3. The SMILES string of the molecule is CCCC/C=C/CCCCCCCCC[N+](CCCC(=O)O)(CCCC(=O)O)CCCC(=O)O. The summed E-state index contributed by atoms with van der Waals surface area (Å²) < 4.78 is 0.637. The van der Waals surface area contributed by atoms with Crippen molar-refractivity contribution in [2.24, 2.45) is 0 Å². The number of hydrogen-bond donors (Lipinski definition) is 3. The zero-order valence-corrected chi connectivity index (χ0v) is 21.5. The molecule has 3 N–H and O–H groups in total. The molecule has 7 nitrogen and oxygen atoms in total. The number of hydrogen-bond acceptors (Lipinski definition) is 3. The molecule has 0 aliphatic heterocycles. The number of nitrogens with zero attached hydrogens (tertiary/aromatic N) is 1. The van der Waals surface area contributed by atoms with Crippen LogP contribution in [0.15, 0.2) is 12.2 Å². The van der Waals surface area contributed by atoms with Crippen molar-refractivity contribution in [2.75, 3.05) is 26.2 Å². The second-order valence-electron chi connectivity index (χ2n) is 9.61. The summed E-state index contributed by atoms with van der Waals surface area (Å²) in [5, 5.41) is 27.1. The van der Waals surface area contributed by atoms with Gasteiger partial charge in [0.25, 0.3) is 0 Å². The fourth-order valence-corrected chi connectivity index (χ4v) is 4.52. The topological polar surface area (TPSA) is 112 Å². The van der Waals surface area contributed by atoms with Crippen LogP contribution in [-0.2, 0) is 14.4 Å². The molecule has 198 valence electrons. The van der Waals surface area contributed by atoms with E-state index in [1.54, 1.807) is 0 Å². The van der Waals surface area contributed by atoms with E-state index >= 15 is 0 Å². The summed E-state index contributed by atoms with van der Waals surface area (Å²) in [5.74, 6) is -2.48. The van der Waals surface area contributed by atoms with Crippen molar-refractivity contribution in [1.82, 2.24) is 0 Å². The van der Waals surface area contributed by atoms with E-state index in [2.05, 4.69) is 19.1 Å². The van der Waals surface area contributed by atoms with Gasteiger partial charge in [0.15, 0.2) is 0 Å². The van der Waals surface area contributed by atoms with Crippen LogP contribution in [0, 0.1) is 0 Å². The highest BCUT2D eigenvalue weighted by Gasteiger charge is 2.27. The lowest BCUT2D eigenvalue weighted by Gasteiger charge is -2.39. The summed E-state index contributed by atoms with van der Waals surface area (Å²) in [4.78, 5) is 33.0. The van der Waals surface area contributed by atoms with Gasteiger partial charge in [-0.2, -0.15) is 0 Å². The smallest absolute Gasteiger partial charge is 0.303 e. The van der Waals surface area contributed by atoms with Gasteiger partial charge >= 0.3 is 17.9 Å². The van der Waals surface area contributed by atoms with Crippen LogP contribution in [0.2, 0.25) is 0 Å². The highest BCUT2D eigenvalue weighted by Crippen LogP contribution is 2.18. The third kappa shape index (κ3) is 20.7. The maximum Gasteiger partial charge on any atom is 0.303 e. The predicted octanol–water partition coefficient (Wildman–Crippen LogP) is 6.26. The molecule has 0 aliphatic rings. The normalized spacial score (nSPS) is 11.8. The van der Waals surface area contributed by atoms with E-state index in [4.69, 9.17) is 15.3 Å². The van der Waals surface area contributed by atoms with Crippen LogP contribution in [0.3, 0.4) is 0 Å². The van der Waals surface area contributed by atoms with Gasteiger partial charge in [-0.25, -0.2) is 0 Å². The van der Waals surface area contributed by atoms with Gasteiger partial charge in [-0.1, -0.05) is 57.6 Å². The Morgan fingerprint density at radius 2 is 0.882 bits per heavy atom. The van der Waals surface area contributed by atoms with Crippen molar-refractivity contribution in [2.45, 2.75) is 116 Å². The molecule has 0 bridgehead atoms. The predicted molar refractivity (Wildman–Crippen MR) is 136 cm³/mol. The van der Waals surface area contributed by atoms with E-state index in [0.29, 0.717) is 43.4 Å². The maximum absolute atomic E-state index is 11.0. The third-order valence-electron chi connectivity index (χ3n) is 6.46. The first-order chi connectivity index (χ1) is 16.3. The van der Waals surface area contributed by atoms with E-state index in [1.807, 2.05) is 0 Å². The van der Waals surface area contributed by atoms with Gasteiger partial charge < -0.3 is 19.8 Å². The highest BCUT2D eigenvalue weighted by molar-refractivity contribution is 5.67. The molecule has 0 atom stereocenters. The Kier molecular flexibility index (Phi) is 20.4. The van der Waals surface area contributed by atoms with Gasteiger partial charge in [-0.15, -0.1) is 0 Å². The molecule has 0 aliphatic carbocycles. The van der Waals surface area contributed by atoms with Crippen molar-refractivity contribution in [3.05, 3.63) is 12.2 Å². The minimum absolute atomic E-state index is 0.0889. The van der Waals surface area contributed by atoms with E-state index in [1.165, 1.54) is 57.8 Å². The van der Waals surface area contributed by atoms with Crippen molar-refractivity contribution < 1.29 is 34.2 Å². The van der Waals surface area contributed by atoms with Crippen molar-refractivity contribution >= 4 is 17.9 Å². The van der Waals surface area contributed by atoms with Gasteiger partial charge in [-0.05, 0) is 32.1 Å². The monoisotopic (exact) mass is 484 g/mol. The first-order valence-electron chi connectivity index (χ1n) is 13.5. The molecule has 0 aromatic heterocycles. The Morgan fingerprint density at radius 3 is 1.29 bits per heavy atom. The molecule has 0 aromatic carbocycles. The van der Waals surface area contributed by atoms with Crippen LogP contribution in [-0.4, -0.2) is 63.9 Å². The Bertz CT molecular complexity index is 525. The van der Waals surface area contributed by atoms with Crippen LogP contribution >= 0.6 is 0 Å². The summed E-state index contributed by atoms with van der Waals surface area (Å²) in [7, 11) is 0. The average molecular weight is 485 g/mol.